The maximum absolute atomic E-state index is 10.1. The summed E-state index contributed by atoms with van der Waals surface area (Å²) in [7, 11) is 0. The molecule has 0 aromatic rings. The first kappa shape index (κ1) is 9.37. The van der Waals surface area contributed by atoms with Gasteiger partial charge in [-0.15, -0.1) is 0 Å². The van der Waals surface area contributed by atoms with E-state index in [1.165, 1.54) is 0 Å². The molecule has 1 rings (SSSR count). The Kier molecular flexibility index (Phi) is 2.96. The van der Waals surface area contributed by atoms with Crippen LogP contribution in [0.15, 0.2) is 0 Å². The van der Waals surface area contributed by atoms with Crippen molar-refractivity contribution in [3.8, 4) is 0 Å². The Morgan fingerprint density at radius 2 is 1.92 bits per heavy atom. The summed E-state index contributed by atoms with van der Waals surface area (Å²) in [6, 6.07) is 0. The van der Waals surface area contributed by atoms with Gasteiger partial charge in [0, 0.05) is 4.92 Å². The zero-order valence-corrected chi connectivity index (χ0v) is 6.56. The molecule has 1 N–H and O–H groups in total. The van der Waals surface area contributed by atoms with Crippen LogP contribution >= 0.6 is 0 Å². The van der Waals surface area contributed by atoms with Crippen LogP contribution in [-0.2, 0) is 9.47 Å². The monoisotopic (exact) mass is 177 g/mol. The van der Waals surface area contributed by atoms with E-state index in [9.17, 15) is 15.2 Å². The molecule has 0 saturated carbocycles. The molecule has 1 heterocycles. The molecule has 0 radical (unpaired) electrons. The lowest BCUT2D eigenvalue weighted by Crippen LogP contribution is -2.44. The smallest absolute Gasteiger partial charge is 0.236 e. The van der Waals surface area contributed by atoms with Crippen LogP contribution in [-0.4, -0.2) is 48.6 Å². The van der Waals surface area contributed by atoms with Crippen LogP contribution in [0, 0.1) is 10.1 Å². The fraction of sp³-hybridized carbons (Fsp3) is 1.00. The van der Waals surface area contributed by atoms with Crippen molar-refractivity contribution in [1.82, 2.24) is 0 Å². The van der Waals surface area contributed by atoms with Crippen molar-refractivity contribution in [2.24, 2.45) is 0 Å². The van der Waals surface area contributed by atoms with Crippen molar-refractivity contribution in [1.29, 1.82) is 0 Å². The molecule has 0 unspecified atom stereocenters. The van der Waals surface area contributed by atoms with Gasteiger partial charge in [-0.05, 0) is 0 Å². The van der Waals surface area contributed by atoms with E-state index in [4.69, 9.17) is 9.47 Å². The van der Waals surface area contributed by atoms with Gasteiger partial charge in [-0.1, -0.05) is 0 Å². The van der Waals surface area contributed by atoms with Gasteiger partial charge in [0.1, 0.15) is 0 Å². The van der Waals surface area contributed by atoms with Crippen LogP contribution in [0.3, 0.4) is 0 Å². The van der Waals surface area contributed by atoms with E-state index < -0.39 is 17.1 Å². The molecule has 0 amide bonds. The average molecular weight is 177 g/mol. The number of hydrogen-bond acceptors (Lipinski definition) is 5. The third-order valence-electron chi connectivity index (χ3n) is 1.54. The lowest BCUT2D eigenvalue weighted by atomic mass is 10.1. The molecular weight excluding hydrogens is 166 g/mol. The lowest BCUT2D eigenvalue weighted by molar-refractivity contribution is -0.502. The molecule has 0 aliphatic carbocycles. The zero-order valence-electron chi connectivity index (χ0n) is 6.56. The van der Waals surface area contributed by atoms with Crippen LogP contribution in [0.25, 0.3) is 0 Å². The van der Waals surface area contributed by atoms with E-state index in [2.05, 4.69) is 0 Å². The molecule has 6 heteroatoms. The highest BCUT2D eigenvalue weighted by Gasteiger charge is 2.35. The molecule has 1 aliphatic rings. The van der Waals surface area contributed by atoms with Crippen LogP contribution in [0.4, 0.5) is 0 Å². The second-order valence-electron chi connectivity index (χ2n) is 2.82. The Morgan fingerprint density at radius 1 is 1.42 bits per heavy atom. The third-order valence-corrected chi connectivity index (χ3v) is 1.54. The molecule has 0 bridgehead atoms. The van der Waals surface area contributed by atoms with Gasteiger partial charge >= 0.3 is 0 Å². The van der Waals surface area contributed by atoms with Crippen LogP contribution < -0.4 is 0 Å². The minimum Gasteiger partial charge on any atom is -0.379 e. The summed E-state index contributed by atoms with van der Waals surface area (Å²) in [5.74, 6) is 0. The maximum atomic E-state index is 10.1. The summed E-state index contributed by atoms with van der Waals surface area (Å²) < 4.78 is 9.86. The molecule has 0 aromatic heterocycles. The van der Waals surface area contributed by atoms with E-state index in [-0.39, 0.29) is 13.2 Å². The predicted molar refractivity (Wildman–Crippen MR) is 38.4 cm³/mol. The van der Waals surface area contributed by atoms with Crippen molar-refractivity contribution in [3.63, 3.8) is 0 Å². The zero-order chi connectivity index (χ0) is 9.03. The Labute approximate surface area is 69.2 Å². The second kappa shape index (κ2) is 3.79. The number of hydrogen-bond donors (Lipinski definition) is 1. The Bertz CT molecular complexity index is 163. The van der Waals surface area contributed by atoms with Gasteiger partial charge in [-0.3, -0.25) is 10.1 Å². The first-order chi connectivity index (χ1) is 5.62. The summed E-state index contributed by atoms with van der Waals surface area (Å²) in [4.78, 5) is 9.55. The van der Waals surface area contributed by atoms with E-state index in [0.717, 1.165) is 0 Å². The van der Waals surface area contributed by atoms with Crippen LogP contribution in [0.5, 0.6) is 0 Å². The van der Waals surface area contributed by atoms with Crippen molar-refractivity contribution in [2.45, 2.75) is 5.60 Å². The number of nitro groups is 1. The van der Waals surface area contributed by atoms with Crippen LogP contribution in [0.2, 0.25) is 0 Å². The highest BCUT2D eigenvalue weighted by Crippen LogP contribution is 2.09. The van der Waals surface area contributed by atoms with Crippen molar-refractivity contribution < 1.29 is 19.5 Å². The fourth-order valence-corrected chi connectivity index (χ4v) is 1.02. The molecule has 0 spiro atoms. The summed E-state index contributed by atoms with van der Waals surface area (Å²) >= 11 is 0. The molecule has 0 aromatic carbocycles. The Morgan fingerprint density at radius 3 is 2.33 bits per heavy atom. The second-order valence-corrected chi connectivity index (χ2v) is 2.82. The predicted octanol–water partition coefficient (Wildman–Crippen LogP) is -0.959. The van der Waals surface area contributed by atoms with Gasteiger partial charge in [-0.25, -0.2) is 0 Å². The quantitative estimate of drug-likeness (QED) is 0.434. The highest BCUT2D eigenvalue weighted by molar-refractivity contribution is 4.78. The molecule has 1 aliphatic heterocycles. The molecule has 1 saturated heterocycles. The summed E-state index contributed by atoms with van der Waals surface area (Å²) in [5, 5.41) is 19.6. The van der Waals surface area contributed by atoms with Crippen LogP contribution in [0.1, 0.15) is 0 Å². The molecule has 70 valence electrons. The van der Waals surface area contributed by atoms with Crippen molar-refractivity contribution >= 4 is 0 Å². The standard InChI is InChI=1S/C6H11NO5/c8-6(3-7(9)10)4-11-1-2-12-5-6/h8H,1-5H2. The van der Waals surface area contributed by atoms with E-state index in [1.54, 1.807) is 0 Å². The fourth-order valence-electron chi connectivity index (χ4n) is 1.02. The van der Waals surface area contributed by atoms with E-state index >= 15 is 0 Å². The minimum atomic E-state index is -1.46. The average Bonchev–Trinajstić information content (AvgIpc) is 2.12. The highest BCUT2D eigenvalue weighted by atomic mass is 16.6. The lowest BCUT2D eigenvalue weighted by Gasteiger charge is -2.19. The topological polar surface area (TPSA) is 81.8 Å². The molecule has 12 heavy (non-hydrogen) atoms. The largest absolute Gasteiger partial charge is 0.379 e. The maximum Gasteiger partial charge on any atom is 0.236 e. The van der Waals surface area contributed by atoms with Crippen molar-refractivity contribution in [2.75, 3.05) is 33.0 Å². The van der Waals surface area contributed by atoms with Gasteiger partial charge in [-0.2, -0.15) is 0 Å². The molecule has 1 fully saturated rings. The third kappa shape index (κ3) is 2.72. The normalized spacial score (nSPS) is 23.1. The number of aliphatic hydroxyl groups is 1. The summed E-state index contributed by atoms with van der Waals surface area (Å²) in [6.45, 7) is 0.148. The summed E-state index contributed by atoms with van der Waals surface area (Å²) in [5.41, 5.74) is -1.46. The molecule has 6 nitrogen and oxygen atoms in total. The van der Waals surface area contributed by atoms with Gasteiger partial charge in [0.15, 0.2) is 5.60 Å². The first-order valence-electron chi connectivity index (χ1n) is 3.62. The van der Waals surface area contributed by atoms with E-state index in [0.29, 0.717) is 13.2 Å². The number of rotatable bonds is 2. The Hall–Kier alpha value is -0.720. The van der Waals surface area contributed by atoms with Gasteiger partial charge in [0.25, 0.3) is 0 Å². The van der Waals surface area contributed by atoms with E-state index in [1.807, 2.05) is 0 Å². The van der Waals surface area contributed by atoms with Gasteiger partial charge in [0.2, 0.25) is 6.54 Å². The SMILES string of the molecule is O=[N+]([O-])CC1(O)COCCOC1. The van der Waals surface area contributed by atoms with Gasteiger partial charge < -0.3 is 14.6 Å². The number of ether oxygens (including phenoxy) is 2. The minimum absolute atomic E-state index is 0.0337. The summed E-state index contributed by atoms with van der Waals surface area (Å²) in [6.07, 6.45) is 0. The van der Waals surface area contributed by atoms with Crippen molar-refractivity contribution in [3.05, 3.63) is 10.1 Å². The first-order valence-corrected chi connectivity index (χ1v) is 3.62. The Balaban J connectivity index is 2.48. The molecule has 0 atom stereocenters. The number of nitrogens with zero attached hydrogens (tertiary/aromatic N) is 1. The molecular formula is C6H11NO5. The van der Waals surface area contributed by atoms with Gasteiger partial charge in [0.05, 0.1) is 26.4 Å².